The first kappa shape index (κ1) is 20.6. The predicted octanol–water partition coefficient (Wildman–Crippen LogP) is 3.78. The molecule has 0 bridgehead atoms. The summed E-state index contributed by atoms with van der Waals surface area (Å²) in [4.78, 5) is 24.0. The van der Waals surface area contributed by atoms with Gasteiger partial charge < -0.3 is 16.0 Å². The highest BCUT2D eigenvalue weighted by atomic mass is 32.2. The summed E-state index contributed by atoms with van der Waals surface area (Å²) in [6, 6.07) is 14.9. The van der Waals surface area contributed by atoms with Gasteiger partial charge in [0.15, 0.2) is 0 Å². The van der Waals surface area contributed by atoms with Crippen LogP contribution in [0.5, 0.6) is 0 Å². The number of benzene rings is 2. The van der Waals surface area contributed by atoms with Crippen molar-refractivity contribution in [1.29, 1.82) is 0 Å². The number of anilines is 1. The first-order valence-corrected chi connectivity index (χ1v) is 8.96. The zero-order valence-electron chi connectivity index (χ0n) is 14.2. The molecule has 144 valence electrons. The Hall–Kier alpha value is -2.68. The number of halogens is 3. The molecule has 0 saturated heterocycles. The Morgan fingerprint density at radius 3 is 2.30 bits per heavy atom. The molecule has 3 N–H and O–H groups in total. The van der Waals surface area contributed by atoms with Crippen molar-refractivity contribution in [3.63, 3.8) is 0 Å². The van der Waals surface area contributed by atoms with Crippen molar-refractivity contribution in [3.8, 4) is 0 Å². The molecule has 27 heavy (non-hydrogen) atoms. The van der Waals surface area contributed by atoms with Crippen molar-refractivity contribution >= 4 is 29.4 Å². The molecule has 0 aliphatic rings. The topological polar surface area (TPSA) is 70.2 Å². The average Bonchev–Trinajstić information content (AvgIpc) is 2.64. The maximum atomic E-state index is 12.4. The zero-order valence-corrected chi connectivity index (χ0v) is 15.0. The molecule has 2 aromatic rings. The molecule has 5 nitrogen and oxygen atoms in total. The first-order valence-electron chi connectivity index (χ1n) is 7.97. The quantitative estimate of drug-likeness (QED) is 0.623. The molecule has 0 heterocycles. The summed E-state index contributed by atoms with van der Waals surface area (Å²) in [6.07, 6.45) is -4.31. The van der Waals surface area contributed by atoms with Crippen molar-refractivity contribution < 1.29 is 22.8 Å². The molecule has 9 heteroatoms. The number of urea groups is 1. The van der Waals surface area contributed by atoms with Crippen LogP contribution in [0.1, 0.15) is 5.56 Å². The standard InChI is InChI=1S/C18H18F3N3O2S/c19-18(20,21)12-27-15-9-5-4-8-14(15)24-16(25)11-23-17(26)22-10-13-6-2-1-3-7-13/h1-9H,10-12H2,(H,24,25)(H2,22,23,26). The lowest BCUT2D eigenvalue weighted by molar-refractivity contribution is -0.115. The molecule has 0 aliphatic carbocycles. The van der Waals surface area contributed by atoms with Crippen LogP contribution in [0.4, 0.5) is 23.7 Å². The largest absolute Gasteiger partial charge is 0.398 e. The fourth-order valence-electron chi connectivity index (χ4n) is 2.05. The number of rotatable bonds is 7. The minimum atomic E-state index is -4.31. The van der Waals surface area contributed by atoms with Crippen LogP contribution >= 0.6 is 11.8 Å². The highest BCUT2D eigenvalue weighted by molar-refractivity contribution is 7.99. The predicted molar refractivity (Wildman–Crippen MR) is 98.5 cm³/mol. The number of thioether (sulfide) groups is 1. The Kier molecular flexibility index (Phi) is 7.54. The average molecular weight is 397 g/mol. The number of nitrogens with one attached hydrogen (secondary N) is 3. The van der Waals surface area contributed by atoms with E-state index < -0.39 is 23.9 Å². The summed E-state index contributed by atoms with van der Waals surface area (Å²) in [6.45, 7) is 0.00407. The van der Waals surface area contributed by atoms with Crippen LogP contribution in [0.25, 0.3) is 0 Å². The Morgan fingerprint density at radius 1 is 0.926 bits per heavy atom. The van der Waals surface area contributed by atoms with Gasteiger partial charge in [-0.25, -0.2) is 4.79 Å². The Bertz CT molecular complexity index is 770. The van der Waals surface area contributed by atoms with Gasteiger partial charge in [-0.2, -0.15) is 13.2 Å². The van der Waals surface area contributed by atoms with E-state index in [1.807, 2.05) is 30.3 Å². The highest BCUT2D eigenvalue weighted by Crippen LogP contribution is 2.31. The van der Waals surface area contributed by atoms with Crippen molar-refractivity contribution in [2.24, 2.45) is 0 Å². The molecule has 0 aromatic heterocycles. The first-order chi connectivity index (χ1) is 12.8. The van der Waals surface area contributed by atoms with Gasteiger partial charge in [0.05, 0.1) is 18.0 Å². The van der Waals surface area contributed by atoms with Gasteiger partial charge in [-0.05, 0) is 17.7 Å². The van der Waals surface area contributed by atoms with Gasteiger partial charge in [-0.1, -0.05) is 42.5 Å². The minimum Gasteiger partial charge on any atom is -0.334 e. The third-order valence-electron chi connectivity index (χ3n) is 3.26. The molecule has 0 radical (unpaired) electrons. The normalized spacial score (nSPS) is 10.9. The van der Waals surface area contributed by atoms with E-state index in [0.29, 0.717) is 23.2 Å². The van der Waals surface area contributed by atoms with Gasteiger partial charge in [0.25, 0.3) is 0 Å². The molecule has 3 amide bonds. The number of para-hydroxylation sites is 1. The van der Waals surface area contributed by atoms with E-state index in [4.69, 9.17) is 0 Å². The maximum Gasteiger partial charge on any atom is 0.398 e. The minimum absolute atomic E-state index is 0.267. The molecule has 0 aliphatic heterocycles. The second-order valence-corrected chi connectivity index (χ2v) is 6.49. The summed E-state index contributed by atoms with van der Waals surface area (Å²) in [5, 5.41) is 7.51. The summed E-state index contributed by atoms with van der Waals surface area (Å²) in [7, 11) is 0. The molecule has 0 atom stereocenters. The lowest BCUT2D eigenvalue weighted by Gasteiger charge is -2.12. The lowest BCUT2D eigenvalue weighted by Crippen LogP contribution is -2.39. The van der Waals surface area contributed by atoms with E-state index in [0.717, 1.165) is 5.56 Å². The van der Waals surface area contributed by atoms with E-state index in [2.05, 4.69) is 16.0 Å². The number of hydrogen-bond acceptors (Lipinski definition) is 3. The monoisotopic (exact) mass is 397 g/mol. The van der Waals surface area contributed by atoms with Crippen LogP contribution in [-0.2, 0) is 11.3 Å². The van der Waals surface area contributed by atoms with Crippen LogP contribution in [0, 0.1) is 0 Å². The van der Waals surface area contributed by atoms with Crippen LogP contribution in [0.15, 0.2) is 59.5 Å². The van der Waals surface area contributed by atoms with E-state index >= 15 is 0 Å². The Morgan fingerprint density at radius 2 is 1.59 bits per heavy atom. The molecular formula is C18H18F3N3O2S. The van der Waals surface area contributed by atoms with E-state index in [9.17, 15) is 22.8 Å². The fourth-order valence-corrected chi connectivity index (χ4v) is 2.82. The molecule has 0 unspecified atom stereocenters. The van der Waals surface area contributed by atoms with E-state index in [1.165, 1.54) is 12.1 Å². The van der Waals surface area contributed by atoms with Crippen LogP contribution < -0.4 is 16.0 Å². The highest BCUT2D eigenvalue weighted by Gasteiger charge is 2.27. The third-order valence-corrected chi connectivity index (χ3v) is 4.40. The van der Waals surface area contributed by atoms with Crippen molar-refractivity contribution in [3.05, 3.63) is 60.2 Å². The van der Waals surface area contributed by atoms with Crippen molar-refractivity contribution in [2.75, 3.05) is 17.6 Å². The van der Waals surface area contributed by atoms with Gasteiger partial charge in [0.2, 0.25) is 5.91 Å². The Labute approximate surface area is 158 Å². The molecule has 0 spiro atoms. The summed E-state index contributed by atoms with van der Waals surface area (Å²) < 4.78 is 37.1. The molecule has 2 aromatic carbocycles. The smallest absolute Gasteiger partial charge is 0.334 e. The van der Waals surface area contributed by atoms with Crippen molar-refractivity contribution in [1.82, 2.24) is 10.6 Å². The zero-order chi connectivity index (χ0) is 19.7. The molecule has 0 saturated carbocycles. The molecular weight excluding hydrogens is 379 g/mol. The van der Waals surface area contributed by atoms with Crippen LogP contribution in [-0.4, -0.2) is 30.4 Å². The number of alkyl halides is 3. The van der Waals surface area contributed by atoms with Gasteiger partial charge in [0, 0.05) is 11.4 Å². The van der Waals surface area contributed by atoms with Gasteiger partial charge in [-0.3, -0.25) is 4.79 Å². The number of carbonyl (C=O) groups excluding carboxylic acids is 2. The van der Waals surface area contributed by atoms with E-state index in [-0.39, 0.29) is 12.2 Å². The second-order valence-electron chi connectivity index (χ2n) is 5.47. The van der Waals surface area contributed by atoms with Gasteiger partial charge >= 0.3 is 12.2 Å². The van der Waals surface area contributed by atoms with Crippen LogP contribution in [0.3, 0.4) is 0 Å². The van der Waals surface area contributed by atoms with Gasteiger partial charge in [0.1, 0.15) is 0 Å². The molecule has 0 fully saturated rings. The maximum absolute atomic E-state index is 12.4. The number of amides is 3. The van der Waals surface area contributed by atoms with Crippen molar-refractivity contribution in [2.45, 2.75) is 17.6 Å². The Balaban J connectivity index is 1.79. The van der Waals surface area contributed by atoms with E-state index in [1.54, 1.807) is 12.1 Å². The number of hydrogen-bond donors (Lipinski definition) is 3. The lowest BCUT2D eigenvalue weighted by atomic mass is 10.2. The third kappa shape index (κ3) is 8.04. The summed E-state index contributed by atoms with van der Waals surface area (Å²) in [5.74, 6) is -1.59. The number of carbonyl (C=O) groups is 2. The molecule has 2 rings (SSSR count). The summed E-state index contributed by atoms with van der Waals surface area (Å²) >= 11 is 0.587. The van der Waals surface area contributed by atoms with Gasteiger partial charge in [-0.15, -0.1) is 11.8 Å². The SMILES string of the molecule is O=C(CNC(=O)NCc1ccccc1)Nc1ccccc1SCC(F)(F)F. The summed E-state index contributed by atoms with van der Waals surface area (Å²) in [5.41, 5.74) is 1.18. The fraction of sp³-hybridized carbons (Fsp3) is 0.222. The van der Waals surface area contributed by atoms with Crippen LogP contribution in [0.2, 0.25) is 0 Å². The second kappa shape index (κ2) is 9.86.